The number of hydrogen-bond donors (Lipinski definition) is 2. The number of para-hydroxylation sites is 1. The Morgan fingerprint density at radius 1 is 1.38 bits per heavy atom. The Morgan fingerprint density at radius 2 is 2.10 bits per heavy atom. The molecular formula is C16H25N3O2. The number of carbonyl (C=O) groups is 1. The van der Waals surface area contributed by atoms with Crippen molar-refractivity contribution >= 4 is 11.6 Å². The first kappa shape index (κ1) is 15.9. The standard InChI is InChI=1S/C16H25N3O2/c1-21-11-8-14(17)16(20)18-15-7-3-2-6-13(15)12-19-9-4-5-10-19/h2-3,6-7,14H,4-5,8-12,17H2,1H3,(H,18,20). The molecule has 116 valence electrons. The molecule has 21 heavy (non-hydrogen) atoms. The second kappa shape index (κ2) is 8.12. The SMILES string of the molecule is COCCC(N)C(=O)Nc1ccccc1CN1CCCC1. The lowest BCUT2D eigenvalue weighted by Crippen LogP contribution is -2.36. The highest BCUT2D eigenvalue weighted by Gasteiger charge is 2.17. The van der Waals surface area contributed by atoms with E-state index < -0.39 is 6.04 Å². The highest BCUT2D eigenvalue weighted by molar-refractivity contribution is 5.95. The van der Waals surface area contributed by atoms with E-state index in [2.05, 4.69) is 16.3 Å². The van der Waals surface area contributed by atoms with E-state index >= 15 is 0 Å². The van der Waals surface area contributed by atoms with E-state index in [1.165, 1.54) is 12.8 Å². The normalized spacial score (nSPS) is 16.9. The van der Waals surface area contributed by atoms with Crippen LogP contribution in [0, 0.1) is 0 Å². The lowest BCUT2D eigenvalue weighted by atomic mass is 10.1. The van der Waals surface area contributed by atoms with Crippen molar-refractivity contribution in [3.63, 3.8) is 0 Å². The molecular weight excluding hydrogens is 266 g/mol. The first-order valence-electron chi connectivity index (χ1n) is 7.56. The summed E-state index contributed by atoms with van der Waals surface area (Å²) in [7, 11) is 1.61. The summed E-state index contributed by atoms with van der Waals surface area (Å²) in [5, 5.41) is 2.95. The summed E-state index contributed by atoms with van der Waals surface area (Å²) >= 11 is 0. The molecule has 1 heterocycles. The molecule has 5 heteroatoms. The van der Waals surface area contributed by atoms with Crippen LogP contribution in [0.3, 0.4) is 0 Å². The molecule has 1 saturated heterocycles. The molecule has 1 aliphatic heterocycles. The zero-order valence-corrected chi connectivity index (χ0v) is 12.7. The summed E-state index contributed by atoms with van der Waals surface area (Å²) in [6, 6.07) is 7.40. The van der Waals surface area contributed by atoms with Gasteiger partial charge in [-0.3, -0.25) is 9.69 Å². The number of methoxy groups -OCH3 is 1. The minimum atomic E-state index is -0.537. The fourth-order valence-electron chi connectivity index (χ4n) is 2.56. The molecule has 0 aromatic heterocycles. The second-order valence-corrected chi connectivity index (χ2v) is 5.52. The molecule has 1 fully saturated rings. The minimum absolute atomic E-state index is 0.152. The molecule has 1 aromatic carbocycles. The van der Waals surface area contributed by atoms with Crippen molar-refractivity contribution in [1.82, 2.24) is 4.90 Å². The van der Waals surface area contributed by atoms with Gasteiger partial charge in [-0.05, 0) is 44.0 Å². The number of hydrogen-bond acceptors (Lipinski definition) is 4. The number of nitrogens with two attached hydrogens (primary N) is 1. The van der Waals surface area contributed by atoms with Gasteiger partial charge < -0.3 is 15.8 Å². The van der Waals surface area contributed by atoms with Crippen LogP contribution in [0.2, 0.25) is 0 Å². The van der Waals surface area contributed by atoms with Crippen LogP contribution in [-0.4, -0.2) is 43.7 Å². The van der Waals surface area contributed by atoms with Crippen molar-refractivity contribution in [2.24, 2.45) is 5.73 Å². The van der Waals surface area contributed by atoms with Crippen molar-refractivity contribution in [1.29, 1.82) is 0 Å². The Labute approximate surface area is 126 Å². The van der Waals surface area contributed by atoms with E-state index in [-0.39, 0.29) is 5.91 Å². The Bertz CT molecular complexity index is 459. The molecule has 0 spiro atoms. The summed E-state index contributed by atoms with van der Waals surface area (Å²) in [5.74, 6) is -0.152. The van der Waals surface area contributed by atoms with Gasteiger partial charge in [0.1, 0.15) is 0 Å². The highest BCUT2D eigenvalue weighted by atomic mass is 16.5. The number of carbonyl (C=O) groups excluding carboxylic acids is 1. The maximum absolute atomic E-state index is 12.1. The smallest absolute Gasteiger partial charge is 0.241 e. The van der Waals surface area contributed by atoms with Crippen LogP contribution in [0.4, 0.5) is 5.69 Å². The van der Waals surface area contributed by atoms with E-state index in [0.29, 0.717) is 13.0 Å². The number of rotatable bonds is 7. The third-order valence-corrected chi connectivity index (χ3v) is 3.84. The van der Waals surface area contributed by atoms with E-state index in [1.807, 2.05) is 18.2 Å². The second-order valence-electron chi connectivity index (χ2n) is 5.52. The van der Waals surface area contributed by atoms with E-state index in [9.17, 15) is 4.79 Å². The number of anilines is 1. The number of ether oxygens (including phenoxy) is 1. The van der Waals surface area contributed by atoms with E-state index in [1.54, 1.807) is 7.11 Å². The topological polar surface area (TPSA) is 67.6 Å². The van der Waals surface area contributed by atoms with Gasteiger partial charge in [-0.2, -0.15) is 0 Å². The third kappa shape index (κ3) is 4.81. The number of likely N-dealkylation sites (tertiary alicyclic amines) is 1. The van der Waals surface area contributed by atoms with Gasteiger partial charge in [0.05, 0.1) is 6.04 Å². The van der Waals surface area contributed by atoms with Crippen molar-refractivity contribution < 1.29 is 9.53 Å². The molecule has 0 aliphatic carbocycles. The molecule has 1 amide bonds. The summed E-state index contributed by atoms with van der Waals surface area (Å²) in [5.41, 5.74) is 7.87. The fourth-order valence-corrected chi connectivity index (χ4v) is 2.56. The minimum Gasteiger partial charge on any atom is -0.385 e. The van der Waals surface area contributed by atoms with Gasteiger partial charge in [-0.25, -0.2) is 0 Å². The van der Waals surface area contributed by atoms with Crippen LogP contribution in [0.25, 0.3) is 0 Å². The van der Waals surface area contributed by atoms with Crippen LogP contribution in [-0.2, 0) is 16.1 Å². The molecule has 2 rings (SSSR count). The molecule has 1 aromatic rings. The van der Waals surface area contributed by atoms with Gasteiger partial charge in [0.2, 0.25) is 5.91 Å². The monoisotopic (exact) mass is 291 g/mol. The quantitative estimate of drug-likeness (QED) is 0.800. The Kier molecular flexibility index (Phi) is 6.17. The molecule has 0 bridgehead atoms. The average Bonchev–Trinajstić information content (AvgIpc) is 2.99. The molecule has 1 unspecified atom stereocenters. The largest absolute Gasteiger partial charge is 0.385 e. The molecule has 1 aliphatic rings. The van der Waals surface area contributed by atoms with Crippen LogP contribution >= 0.6 is 0 Å². The van der Waals surface area contributed by atoms with Crippen molar-refractivity contribution in [2.45, 2.75) is 31.8 Å². The molecule has 5 nitrogen and oxygen atoms in total. The van der Waals surface area contributed by atoms with Crippen LogP contribution < -0.4 is 11.1 Å². The zero-order chi connectivity index (χ0) is 15.1. The number of amides is 1. The first-order chi connectivity index (χ1) is 10.2. The molecule has 0 radical (unpaired) electrons. The first-order valence-corrected chi connectivity index (χ1v) is 7.56. The molecule has 1 atom stereocenters. The third-order valence-electron chi connectivity index (χ3n) is 3.84. The predicted molar refractivity (Wildman–Crippen MR) is 84.1 cm³/mol. The number of nitrogens with one attached hydrogen (secondary N) is 1. The average molecular weight is 291 g/mol. The zero-order valence-electron chi connectivity index (χ0n) is 12.7. The molecule has 3 N–H and O–H groups in total. The Balaban J connectivity index is 1.97. The van der Waals surface area contributed by atoms with Gasteiger partial charge in [0.15, 0.2) is 0 Å². The van der Waals surface area contributed by atoms with Crippen LogP contribution in [0.15, 0.2) is 24.3 Å². The van der Waals surface area contributed by atoms with Crippen LogP contribution in [0.1, 0.15) is 24.8 Å². The number of nitrogens with zero attached hydrogens (tertiary/aromatic N) is 1. The summed E-state index contributed by atoms with van der Waals surface area (Å²) in [6.45, 7) is 3.64. The highest BCUT2D eigenvalue weighted by Crippen LogP contribution is 2.20. The molecule has 0 saturated carbocycles. The lowest BCUT2D eigenvalue weighted by molar-refractivity contribution is -0.117. The Morgan fingerprint density at radius 3 is 2.81 bits per heavy atom. The summed E-state index contributed by atoms with van der Waals surface area (Å²) in [4.78, 5) is 14.5. The number of benzene rings is 1. The van der Waals surface area contributed by atoms with Gasteiger partial charge in [-0.1, -0.05) is 18.2 Å². The van der Waals surface area contributed by atoms with E-state index in [0.717, 1.165) is 30.9 Å². The fraction of sp³-hybridized carbons (Fsp3) is 0.562. The van der Waals surface area contributed by atoms with Crippen molar-refractivity contribution in [2.75, 3.05) is 32.1 Å². The van der Waals surface area contributed by atoms with E-state index in [4.69, 9.17) is 10.5 Å². The lowest BCUT2D eigenvalue weighted by Gasteiger charge is -2.19. The van der Waals surface area contributed by atoms with Crippen molar-refractivity contribution in [3.8, 4) is 0 Å². The summed E-state index contributed by atoms with van der Waals surface area (Å²) < 4.78 is 4.96. The van der Waals surface area contributed by atoms with Crippen molar-refractivity contribution in [3.05, 3.63) is 29.8 Å². The maximum Gasteiger partial charge on any atom is 0.241 e. The van der Waals surface area contributed by atoms with Gasteiger partial charge in [0, 0.05) is 25.9 Å². The summed E-state index contributed by atoms with van der Waals surface area (Å²) in [6.07, 6.45) is 3.05. The van der Waals surface area contributed by atoms with Gasteiger partial charge in [-0.15, -0.1) is 0 Å². The Hall–Kier alpha value is -1.43. The predicted octanol–water partition coefficient (Wildman–Crippen LogP) is 1.58. The van der Waals surface area contributed by atoms with Crippen LogP contribution in [0.5, 0.6) is 0 Å². The maximum atomic E-state index is 12.1. The van der Waals surface area contributed by atoms with Gasteiger partial charge >= 0.3 is 0 Å². The van der Waals surface area contributed by atoms with Gasteiger partial charge in [0.25, 0.3) is 0 Å².